The summed E-state index contributed by atoms with van der Waals surface area (Å²) in [6, 6.07) is 9.12. The van der Waals surface area contributed by atoms with Gasteiger partial charge in [-0.3, -0.25) is 4.72 Å². The molecule has 0 fully saturated rings. The van der Waals surface area contributed by atoms with E-state index >= 15 is 0 Å². The summed E-state index contributed by atoms with van der Waals surface area (Å²) < 4.78 is 27.7. The average molecular weight is 377 g/mol. The van der Waals surface area contributed by atoms with Gasteiger partial charge in [-0.05, 0) is 37.3 Å². The molecule has 0 aliphatic rings. The van der Waals surface area contributed by atoms with Crippen LogP contribution in [0.3, 0.4) is 0 Å². The van der Waals surface area contributed by atoms with Gasteiger partial charge in [0.25, 0.3) is 10.0 Å². The number of hydrogen-bond donors (Lipinski definition) is 2. The smallest absolute Gasteiger partial charge is 0.263 e. The van der Waals surface area contributed by atoms with Crippen LogP contribution in [-0.2, 0) is 10.0 Å². The highest BCUT2D eigenvalue weighted by Crippen LogP contribution is 2.29. The van der Waals surface area contributed by atoms with E-state index < -0.39 is 10.0 Å². The standard InChI is InChI=1S/C13H11BrClNO3S/c1-8-11(3-2-4-12(8)17)16-20(18,19)13-6-5-9(14)7-10(13)15/h2-7,16-17H,1H3. The van der Waals surface area contributed by atoms with E-state index in [1.54, 1.807) is 25.1 Å². The molecule has 20 heavy (non-hydrogen) atoms. The number of nitrogens with one attached hydrogen (secondary N) is 1. The molecular weight excluding hydrogens is 366 g/mol. The van der Waals surface area contributed by atoms with Crippen LogP contribution in [0.5, 0.6) is 5.75 Å². The molecule has 0 spiro atoms. The largest absolute Gasteiger partial charge is 0.508 e. The molecule has 4 nitrogen and oxygen atoms in total. The highest BCUT2D eigenvalue weighted by molar-refractivity contribution is 9.10. The topological polar surface area (TPSA) is 66.4 Å². The second-order valence-electron chi connectivity index (χ2n) is 4.13. The molecule has 0 amide bonds. The van der Waals surface area contributed by atoms with Gasteiger partial charge in [-0.2, -0.15) is 0 Å². The molecular formula is C13H11BrClNO3S. The molecule has 2 N–H and O–H groups in total. The first-order chi connectivity index (χ1) is 9.31. The second kappa shape index (κ2) is 5.63. The first kappa shape index (κ1) is 15.2. The molecule has 0 aromatic heterocycles. The Morgan fingerprint density at radius 2 is 1.95 bits per heavy atom. The molecule has 2 aromatic carbocycles. The number of phenolic OH excluding ortho intramolecular Hbond substituents is 1. The molecule has 0 unspecified atom stereocenters. The maximum absolute atomic E-state index is 12.3. The SMILES string of the molecule is Cc1c(O)cccc1NS(=O)(=O)c1ccc(Br)cc1Cl. The van der Waals surface area contributed by atoms with Crippen molar-refractivity contribution in [3.8, 4) is 5.75 Å². The van der Waals surface area contributed by atoms with Crippen LogP contribution >= 0.6 is 27.5 Å². The van der Waals surface area contributed by atoms with E-state index in [-0.39, 0.29) is 15.7 Å². The van der Waals surface area contributed by atoms with E-state index in [1.807, 2.05) is 0 Å². The molecule has 0 aliphatic carbocycles. The van der Waals surface area contributed by atoms with Gasteiger partial charge >= 0.3 is 0 Å². The van der Waals surface area contributed by atoms with Gasteiger partial charge in [0.05, 0.1) is 10.7 Å². The van der Waals surface area contributed by atoms with Gasteiger partial charge in [0.2, 0.25) is 0 Å². The van der Waals surface area contributed by atoms with Crippen molar-refractivity contribution in [3.63, 3.8) is 0 Å². The summed E-state index contributed by atoms with van der Waals surface area (Å²) in [4.78, 5) is -0.0230. The zero-order valence-electron chi connectivity index (χ0n) is 10.4. The summed E-state index contributed by atoms with van der Waals surface area (Å²) >= 11 is 9.17. The highest BCUT2D eigenvalue weighted by Gasteiger charge is 2.19. The monoisotopic (exact) mass is 375 g/mol. The summed E-state index contributed by atoms with van der Waals surface area (Å²) in [6.45, 7) is 1.62. The lowest BCUT2D eigenvalue weighted by atomic mass is 10.2. The minimum absolute atomic E-state index is 0.0205. The fraction of sp³-hybridized carbons (Fsp3) is 0.0769. The molecule has 7 heteroatoms. The van der Waals surface area contributed by atoms with Gasteiger partial charge in [0.1, 0.15) is 10.6 Å². The van der Waals surface area contributed by atoms with Crippen molar-refractivity contribution in [2.24, 2.45) is 0 Å². The summed E-state index contributed by atoms with van der Waals surface area (Å²) in [5.74, 6) is 0.0205. The summed E-state index contributed by atoms with van der Waals surface area (Å²) in [5, 5.41) is 9.71. The number of anilines is 1. The van der Waals surface area contributed by atoms with Gasteiger partial charge in [-0.1, -0.05) is 33.6 Å². The van der Waals surface area contributed by atoms with Crippen molar-refractivity contribution in [2.45, 2.75) is 11.8 Å². The summed E-state index contributed by atoms with van der Waals surface area (Å²) in [7, 11) is -3.81. The molecule has 0 radical (unpaired) electrons. The predicted octanol–water partition coefficient (Wildman–Crippen LogP) is 3.92. The van der Waals surface area contributed by atoms with Crippen LogP contribution in [0.25, 0.3) is 0 Å². The van der Waals surface area contributed by atoms with Crippen LogP contribution in [-0.4, -0.2) is 13.5 Å². The zero-order valence-corrected chi connectivity index (χ0v) is 13.6. The Kier molecular flexibility index (Phi) is 4.27. The van der Waals surface area contributed by atoms with Crippen LogP contribution < -0.4 is 4.72 Å². The number of halogens is 2. The van der Waals surface area contributed by atoms with Crippen molar-refractivity contribution in [1.29, 1.82) is 0 Å². The van der Waals surface area contributed by atoms with Crippen LogP contribution in [0, 0.1) is 6.92 Å². The van der Waals surface area contributed by atoms with Crippen molar-refractivity contribution < 1.29 is 13.5 Å². The maximum atomic E-state index is 12.3. The first-order valence-electron chi connectivity index (χ1n) is 5.58. The molecule has 0 atom stereocenters. The minimum atomic E-state index is -3.81. The van der Waals surface area contributed by atoms with Gasteiger partial charge in [-0.15, -0.1) is 0 Å². The molecule has 2 aromatic rings. The van der Waals surface area contributed by atoms with Crippen LogP contribution in [0.4, 0.5) is 5.69 Å². The van der Waals surface area contributed by atoms with Crippen molar-refractivity contribution in [1.82, 2.24) is 0 Å². The van der Waals surface area contributed by atoms with Gasteiger partial charge in [0, 0.05) is 10.0 Å². The molecule has 0 saturated carbocycles. The van der Waals surface area contributed by atoms with E-state index in [0.29, 0.717) is 15.7 Å². The Bertz CT molecular complexity index is 762. The van der Waals surface area contributed by atoms with Gasteiger partial charge in [0.15, 0.2) is 0 Å². The Morgan fingerprint density at radius 3 is 2.60 bits per heavy atom. The number of rotatable bonds is 3. The molecule has 0 aliphatic heterocycles. The Morgan fingerprint density at radius 1 is 1.25 bits per heavy atom. The van der Waals surface area contributed by atoms with E-state index in [4.69, 9.17) is 11.6 Å². The Balaban J connectivity index is 2.44. The number of aromatic hydroxyl groups is 1. The number of hydrogen-bond acceptors (Lipinski definition) is 3. The molecule has 2 rings (SSSR count). The van der Waals surface area contributed by atoms with Gasteiger partial charge < -0.3 is 5.11 Å². The van der Waals surface area contributed by atoms with Crippen molar-refractivity contribution in [3.05, 3.63) is 51.5 Å². The van der Waals surface area contributed by atoms with Crippen molar-refractivity contribution in [2.75, 3.05) is 4.72 Å². The number of phenols is 1. The minimum Gasteiger partial charge on any atom is -0.508 e. The fourth-order valence-electron chi connectivity index (χ4n) is 1.63. The summed E-state index contributed by atoms with van der Waals surface area (Å²) in [5.41, 5.74) is 0.758. The number of benzene rings is 2. The third-order valence-corrected chi connectivity index (χ3v) is 5.07. The van der Waals surface area contributed by atoms with E-state index in [0.717, 1.165) is 0 Å². The quantitative estimate of drug-likeness (QED) is 0.853. The second-order valence-corrected chi connectivity index (χ2v) is 7.10. The predicted molar refractivity (Wildman–Crippen MR) is 82.8 cm³/mol. The molecule has 0 saturated heterocycles. The third kappa shape index (κ3) is 3.08. The maximum Gasteiger partial charge on any atom is 0.263 e. The van der Waals surface area contributed by atoms with Gasteiger partial charge in [-0.25, -0.2) is 8.42 Å². The van der Waals surface area contributed by atoms with Crippen LogP contribution in [0.2, 0.25) is 5.02 Å². The van der Waals surface area contributed by atoms with Crippen LogP contribution in [0.1, 0.15) is 5.56 Å². The Labute approximate surface area is 130 Å². The normalized spacial score (nSPS) is 11.3. The first-order valence-corrected chi connectivity index (χ1v) is 8.23. The highest BCUT2D eigenvalue weighted by atomic mass is 79.9. The van der Waals surface area contributed by atoms with Crippen molar-refractivity contribution >= 4 is 43.2 Å². The fourth-order valence-corrected chi connectivity index (χ4v) is 3.79. The Hall–Kier alpha value is -1.24. The van der Waals surface area contributed by atoms with Crippen LogP contribution in [0.15, 0.2) is 45.8 Å². The van der Waals surface area contributed by atoms with E-state index in [2.05, 4.69) is 20.7 Å². The lowest BCUT2D eigenvalue weighted by Crippen LogP contribution is -2.14. The third-order valence-electron chi connectivity index (χ3n) is 2.73. The lowest BCUT2D eigenvalue weighted by molar-refractivity contribution is 0.471. The van der Waals surface area contributed by atoms with E-state index in [1.165, 1.54) is 18.2 Å². The van der Waals surface area contributed by atoms with E-state index in [9.17, 15) is 13.5 Å². The number of sulfonamides is 1. The molecule has 0 heterocycles. The average Bonchev–Trinajstić information content (AvgIpc) is 2.34. The molecule has 0 bridgehead atoms. The molecule has 106 valence electrons. The lowest BCUT2D eigenvalue weighted by Gasteiger charge is -2.12. The zero-order chi connectivity index (χ0) is 14.9. The summed E-state index contributed by atoms with van der Waals surface area (Å²) in [6.07, 6.45) is 0.